The molecule has 1 aromatic heterocycles. The molecule has 1 unspecified atom stereocenters. The second-order valence-electron chi connectivity index (χ2n) is 6.16. The Morgan fingerprint density at radius 2 is 1.89 bits per heavy atom. The van der Waals surface area contributed by atoms with Gasteiger partial charge in [0.25, 0.3) is 5.91 Å². The van der Waals surface area contributed by atoms with Crippen LogP contribution in [0, 0.1) is 5.82 Å². The lowest BCUT2D eigenvalue weighted by Crippen LogP contribution is -2.22. The van der Waals surface area contributed by atoms with E-state index in [1.54, 1.807) is 29.2 Å². The number of fused-ring (bicyclic) bond motifs is 1. The molecule has 8 heteroatoms. The Hall–Kier alpha value is -3.10. The summed E-state index contributed by atoms with van der Waals surface area (Å²) in [5.41, 5.74) is 2.98. The fraction of sp³-hybridized carbons (Fsp3) is 0.100. The minimum absolute atomic E-state index is 0.197. The third-order valence-corrected chi connectivity index (χ3v) is 5.27. The molecule has 0 saturated heterocycles. The van der Waals surface area contributed by atoms with Gasteiger partial charge in [0.15, 0.2) is 11.1 Å². The lowest BCUT2D eigenvalue weighted by molar-refractivity contribution is 0.0996. The Kier molecular flexibility index (Phi) is 4.66. The minimum atomic E-state index is -2.14. The number of methoxy groups -OCH3 is 1. The van der Waals surface area contributed by atoms with E-state index in [0.29, 0.717) is 33.8 Å². The highest BCUT2D eigenvalue weighted by Crippen LogP contribution is 2.38. The van der Waals surface area contributed by atoms with E-state index in [0.717, 1.165) is 0 Å². The van der Waals surface area contributed by atoms with Gasteiger partial charge in [0.1, 0.15) is 11.6 Å². The van der Waals surface area contributed by atoms with Crippen molar-refractivity contribution in [2.45, 2.75) is 11.4 Å². The van der Waals surface area contributed by atoms with Crippen LogP contribution in [0.1, 0.15) is 15.9 Å². The SMILES string of the molecule is COc1cc(S(=O)O)ccc1-c1nccc2c1CN(c1ccc(F)cc1)C2=O. The second kappa shape index (κ2) is 7.14. The topological polar surface area (TPSA) is 79.7 Å². The Bertz CT molecular complexity index is 1100. The molecule has 2 aromatic carbocycles. The summed E-state index contributed by atoms with van der Waals surface area (Å²) < 4.78 is 39.2. The van der Waals surface area contributed by atoms with Crippen LogP contribution in [0.2, 0.25) is 0 Å². The number of amides is 1. The van der Waals surface area contributed by atoms with Crippen molar-refractivity contribution in [2.75, 3.05) is 12.0 Å². The smallest absolute Gasteiger partial charge is 0.259 e. The minimum Gasteiger partial charge on any atom is -0.496 e. The Morgan fingerprint density at radius 3 is 2.57 bits per heavy atom. The number of benzene rings is 2. The number of aromatic nitrogens is 1. The van der Waals surface area contributed by atoms with Crippen LogP contribution in [0.15, 0.2) is 59.6 Å². The maximum absolute atomic E-state index is 13.2. The van der Waals surface area contributed by atoms with E-state index < -0.39 is 11.1 Å². The molecule has 28 heavy (non-hydrogen) atoms. The van der Waals surface area contributed by atoms with Crippen molar-refractivity contribution in [1.82, 2.24) is 4.98 Å². The number of rotatable bonds is 4. The van der Waals surface area contributed by atoms with Gasteiger partial charge in [-0.2, -0.15) is 0 Å². The summed E-state index contributed by atoms with van der Waals surface area (Å²) in [6.07, 6.45) is 1.54. The molecule has 0 radical (unpaired) electrons. The highest BCUT2D eigenvalue weighted by molar-refractivity contribution is 7.79. The molecule has 0 aliphatic carbocycles. The van der Waals surface area contributed by atoms with Gasteiger partial charge in [-0.25, -0.2) is 8.60 Å². The summed E-state index contributed by atoms with van der Waals surface area (Å²) >= 11 is -2.14. The number of carbonyl (C=O) groups excluding carboxylic acids is 1. The number of carbonyl (C=O) groups is 1. The van der Waals surface area contributed by atoms with Crippen LogP contribution in [0.25, 0.3) is 11.3 Å². The fourth-order valence-electron chi connectivity index (χ4n) is 3.27. The Balaban J connectivity index is 1.79. The maximum Gasteiger partial charge on any atom is 0.259 e. The normalized spacial score (nSPS) is 14.1. The first kappa shape index (κ1) is 18.3. The van der Waals surface area contributed by atoms with Crippen LogP contribution in [0.5, 0.6) is 5.75 Å². The van der Waals surface area contributed by atoms with Crippen LogP contribution < -0.4 is 9.64 Å². The van der Waals surface area contributed by atoms with E-state index in [2.05, 4.69) is 4.98 Å². The van der Waals surface area contributed by atoms with Crippen molar-refractivity contribution in [2.24, 2.45) is 0 Å². The van der Waals surface area contributed by atoms with Crippen molar-refractivity contribution < 1.29 is 22.7 Å². The van der Waals surface area contributed by atoms with Gasteiger partial charge >= 0.3 is 0 Å². The van der Waals surface area contributed by atoms with E-state index in [4.69, 9.17) is 4.74 Å². The molecule has 1 N–H and O–H groups in total. The average molecular weight is 398 g/mol. The summed E-state index contributed by atoms with van der Waals surface area (Å²) in [4.78, 5) is 19.0. The monoisotopic (exact) mass is 398 g/mol. The number of halogens is 1. The molecule has 6 nitrogen and oxygen atoms in total. The molecule has 1 aliphatic rings. The highest BCUT2D eigenvalue weighted by Gasteiger charge is 2.32. The van der Waals surface area contributed by atoms with Crippen molar-refractivity contribution in [3.05, 3.63) is 71.7 Å². The molecule has 0 saturated carbocycles. The van der Waals surface area contributed by atoms with Crippen molar-refractivity contribution in [1.29, 1.82) is 0 Å². The van der Waals surface area contributed by atoms with E-state index in [-0.39, 0.29) is 23.2 Å². The van der Waals surface area contributed by atoms with Crippen molar-refractivity contribution >= 4 is 22.7 Å². The van der Waals surface area contributed by atoms with Crippen molar-refractivity contribution in [3.63, 3.8) is 0 Å². The number of nitrogens with zero attached hydrogens (tertiary/aromatic N) is 2. The first-order valence-electron chi connectivity index (χ1n) is 8.34. The Morgan fingerprint density at radius 1 is 1.14 bits per heavy atom. The summed E-state index contributed by atoms with van der Waals surface area (Å²) in [7, 11) is 1.46. The zero-order valence-corrected chi connectivity index (χ0v) is 15.6. The van der Waals surface area contributed by atoms with Crippen LogP contribution in [0.4, 0.5) is 10.1 Å². The quantitative estimate of drug-likeness (QED) is 0.679. The van der Waals surface area contributed by atoms with Gasteiger partial charge in [-0.3, -0.25) is 9.78 Å². The van der Waals surface area contributed by atoms with Crippen molar-refractivity contribution in [3.8, 4) is 17.0 Å². The average Bonchev–Trinajstić information content (AvgIpc) is 3.05. The van der Waals surface area contributed by atoms with Crippen LogP contribution >= 0.6 is 0 Å². The zero-order valence-electron chi connectivity index (χ0n) is 14.8. The summed E-state index contributed by atoms with van der Waals surface area (Å²) in [5, 5.41) is 0. The van der Waals surface area contributed by atoms with Crippen LogP contribution in [-0.4, -0.2) is 26.8 Å². The summed E-state index contributed by atoms with van der Waals surface area (Å²) in [6.45, 7) is 0.278. The molecular formula is C20H15FN2O4S. The molecule has 0 fully saturated rings. The number of ether oxygens (including phenoxy) is 1. The standard InChI is InChI=1S/C20H15FN2O4S/c1-27-18-10-14(28(25)26)6-7-16(18)19-17-11-23(13-4-2-12(21)3-5-13)20(24)15(17)8-9-22-19/h2-10H,11H2,1H3,(H,25,26). The molecule has 3 aromatic rings. The van der Waals surface area contributed by atoms with Gasteiger partial charge in [-0.15, -0.1) is 0 Å². The molecule has 1 atom stereocenters. The lowest BCUT2D eigenvalue weighted by Gasteiger charge is -2.16. The summed E-state index contributed by atoms with van der Waals surface area (Å²) in [5.74, 6) is -0.188. The molecule has 142 valence electrons. The number of hydrogen-bond acceptors (Lipinski definition) is 4. The fourth-order valence-corrected chi connectivity index (χ4v) is 3.66. The number of pyridine rings is 1. The molecular weight excluding hydrogens is 383 g/mol. The van der Waals surface area contributed by atoms with Gasteiger partial charge < -0.3 is 14.2 Å². The van der Waals surface area contributed by atoms with Gasteiger partial charge in [0, 0.05) is 28.6 Å². The number of hydrogen-bond donors (Lipinski definition) is 1. The molecule has 2 heterocycles. The molecule has 0 bridgehead atoms. The molecule has 1 aliphatic heterocycles. The zero-order chi connectivity index (χ0) is 19.8. The van der Waals surface area contributed by atoms with Gasteiger partial charge in [0.2, 0.25) is 0 Å². The first-order valence-corrected chi connectivity index (χ1v) is 9.45. The predicted molar refractivity (Wildman–Crippen MR) is 102 cm³/mol. The maximum atomic E-state index is 13.2. The second-order valence-corrected chi connectivity index (χ2v) is 7.13. The molecule has 4 rings (SSSR count). The van der Waals surface area contributed by atoms with E-state index >= 15 is 0 Å². The highest BCUT2D eigenvalue weighted by atomic mass is 32.2. The van der Waals surface area contributed by atoms with Crippen LogP contribution in [0.3, 0.4) is 0 Å². The van der Waals surface area contributed by atoms with Crippen LogP contribution in [-0.2, 0) is 17.6 Å². The van der Waals surface area contributed by atoms with Gasteiger partial charge in [-0.1, -0.05) is 0 Å². The van der Waals surface area contributed by atoms with E-state index in [9.17, 15) is 17.9 Å². The van der Waals surface area contributed by atoms with E-state index in [1.807, 2.05) is 0 Å². The first-order chi connectivity index (χ1) is 13.5. The Labute approximate surface area is 162 Å². The molecule has 0 spiro atoms. The molecule has 1 amide bonds. The summed E-state index contributed by atoms with van der Waals surface area (Å²) in [6, 6.07) is 12.0. The van der Waals surface area contributed by atoms with Gasteiger partial charge in [0.05, 0.1) is 24.2 Å². The van der Waals surface area contributed by atoms with E-state index in [1.165, 1.54) is 37.6 Å². The van der Waals surface area contributed by atoms with Gasteiger partial charge in [-0.05, 0) is 48.5 Å². The predicted octanol–water partition coefficient (Wildman–Crippen LogP) is 3.64. The lowest BCUT2D eigenvalue weighted by atomic mass is 10.0. The number of anilines is 1. The largest absolute Gasteiger partial charge is 0.496 e. The third-order valence-electron chi connectivity index (χ3n) is 4.62. The third kappa shape index (κ3) is 3.06.